The highest BCUT2D eigenvalue weighted by atomic mass is 79.9. The lowest BCUT2D eigenvalue weighted by atomic mass is 9.95. The minimum Gasteiger partial charge on any atom is -0.373 e. The highest BCUT2D eigenvalue weighted by Crippen LogP contribution is 2.34. The maximum atomic E-state index is 12.9. The molecule has 140 valence electrons. The third-order valence-corrected chi connectivity index (χ3v) is 7.35. The van der Waals surface area contributed by atoms with Gasteiger partial charge in [-0.15, -0.1) is 11.3 Å². The van der Waals surface area contributed by atoms with Crippen LogP contribution in [0.25, 0.3) is 0 Å². The maximum absolute atomic E-state index is 12.9. The quantitative estimate of drug-likeness (QED) is 0.726. The van der Waals surface area contributed by atoms with Gasteiger partial charge in [0.1, 0.15) is 0 Å². The number of rotatable bonds is 3. The molecule has 0 aliphatic carbocycles. The van der Waals surface area contributed by atoms with E-state index in [0.717, 1.165) is 60.5 Å². The molecule has 1 aromatic rings. The van der Waals surface area contributed by atoms with Crippen molar-refractivity contribution in [1.29, 1.82) is 0 Å². The second-order valence-corrected chi connectivity index (χ2v) is 10.2. The molecule has 4 nitrogen and oxygen atoms in total. The molecule has 2 atom stereocenters. The molecule has 2 aliphatic rings. The first-order valence-electron chi connectivity index (χ1n) is 9.27. The van der Waals surface area contributed by atoms with E-state index >= 15 is 0 Å². The number of ether oxygens (including phenoxy) is 1. The summed E-state index contributed by atoms with van der Waals surface area (Å²) >= 11 is 5.24. The molecule has 0 radical (unpaired) electrons. The van der Waals surface area contributed by atoms with Crippen LogP contribution in [-0.4, -0.2) is 60.6 Å². The second-order valence-electron chi connectivity index (χ2n) is 7.64. The summed E-state index contributed by atoms with van der Waals surface area (Å²) < 4.78 is 6.81. The van der Waals surface area contributed by atoms with Crippen molar-refractivity contribution in [3.63, 3.8) is 0 Å². The normalized spacial score (nSPS) is 26.2. The number of morpholine rings is 1. The summed E-state index contributed by atoms with van der Waals surface area (Å²) in [5.41, 5.74) is 2.00. The molecule has 0 unspecified atom stereocenters. The van der Waals surface area contributed by atoms with E-state index in [1.165, 1.54) is 4.88 Å². The van der Waals surface area contributed by atoms with Gasteiger partial charge in [-0.1, -0.05) is 0 Å². The number of amides is 1. The van der Waals surface area contributed by atoms with Crippen LogP contribution in [-0.2, 0) is 4.74 Å². The fourth-order valence-electron chi connectivity index (χ4n) is 4.11. The number of nitrogens with zero attached hydrogens (tertiary/aromatic N) is 2. The highest BCUT2D eigenvalue weighted by molar-refractivity contribution is 9.11. The van der Waals surface area contributed by atoms with Crippen LogP contribution < -0.4 is 0 Å². The number of hydrogen-bond acceptors (Lipinski definition) is 4. The van der Waals surface area contributed by atoms with E-state index in [1.807, 2.05) is 4.90 Å². The summed E-state index contributed by atoms with van der Waals surface area (Å²) in [5, 5.41) is 0. The number of aryl methyl sites for hydroxylation is 1. The third kappa shape index (κ3) is 4.46. The Morgan fingerprint density at radius 2 is 1.80 bits per heavy atom. The zero-order valence-electron chi connectivity index (χ0n) is 15.7. The Bertz CT molecular complexity index is 615. The fraction of sp³-hybridized carbons (Fsp3) is 0.737. The van der Waals surface area contributed by atoms with Crippen LogP contribution in [0.4, 0.5) is 0 Å². The average molecular weight is 429 g/mol. The van der Waals surface area contributed by atoms with Gasteiger partial charge in [0.25, 0.3) is 5.91 Å². The van der Waals surface area contributed by atoms with Crippen molar-refractivity contribution >= 4 is 33.2 Å². The van der Waals surface area contributed by atoms with E-state index in [1.54, 1.807) is 11.3 Å². The molecule has 0 bridgehead atoms. The molecule has 0 N–H and O–H groups in total. The molecule has 3 rings (SSSR count). The molecule has 1 amide bonds. The standard InChI is InChI=1S/C19H29BrN2O2S/c1-12-9-21(10-13(2)24-12)11-16-5-7-22(8-6-16)19(23)17-14(3)15(4)25-18(17)20/h12-13,16H,5-11H2,1-4H3/t12-,13-/m0/s1. The molecule has 3 heterocycles. The zero-order chi connectivity index (χ0) is 18.1. The third-order valence-electron chi connectivity index (χ3n) is 5.47. The van der Waals surface area contributed by atoms with E-state index < -0.39 is 0 Å². The lowest BCUT2D eigenvalue weighted by molar-refractivity contribution is -0.0728. The first kappa shape index (κ1) is 19.3. The van der Waals surface area contributed by atoms with Crippen molar-refractivity contribution < 1.29 is 9.53 Å². The van der Waals surface area contributed by atoms with Gasteiger partial charge in [0.15, 0.2) is 0 Å². The van der Waals surface area contributed by atoms with Gasteiger partial charge in [0.05, 0.1) is 21.6 Å². The fourth-order valence-corrected chi connectivity index (χ4v) is 6.17. The first-order valence-corrected chi connectivity index (χ1v) is 10.9. The minimum atomic E-state index is 0.195. The summed E-state index contributed by atoms with van der Waals surface area (Å²) in [4.78, 5) is 18.7. The van der Waals surface area contributed by atoms with Gasteiger partial charge in [-0.05, 0) is 67.9 Å². The topological polar surface area (TPSA) is 32.8 Å². The summed E-state index contributed by atoms with van der Waals surface area (Å²) in [6.07, 6.45) is 2.86. The molecule has 0 saturated carbocycles. The first-order chi connectivity index (χ1) is 11.8. The molecule has 2 saturated heterocycles. The Labute approximate surface area is 163 Å². The Morgan fingerprint density at radius 1 is 1.20 bits per heavy atom. The predicted molar refractivity (Wildman–Crippen MR) is 107 cm³/mol. The van der Waals surface area contributed by atoms with Gasteiger partial charge in [-0.25, -0.2) is 0 Å². The van der Waals surface area contributed by atoms with E-state index in [0.29, 0.717) is 18.1 Å². The maximum Gasteiger partial charge on any atom is 0.256 e. The van der Waals surface area contributed by atoms with Crippen LogP contribution in [0.2, 0.25) is 0 Å². The van der Waals surface area contributed by atoms with Crippen molar-refractivity contribution in [3.8, 4) is 0 Å². The van der Waals surface area contributed by atoms with Crippen LogP contribution in [0, 0.1) is 19.8 Å². The number of carbonyl (C=O) groups excluding carboxylic acids is 1. The predicted octanol–water partition coefficient (Wildman–Crippen LogP) is 4.09. The Hall–Kier alpha value is -0.430. The molecule has 2 aliphatic heterocycles. The number of piperidine rings is 1. The van der Waals surface area contributed by atoms with E-state index in [9.17, 15) is 4.79 Å². The van der Waals surface area contributed by atoms with Gasteiger partial charge >= 0.3 is 0 Å². The average Bonchev–Trinajstić information content (AvgIpc) is 2.79. The second kappa shape index (κ2) is 8.07. The molecule has 2 fully saturated rings. The van der Waals surface area contributed by atoms with Crippen molar-refractivity contribution in [2.45, 2.75) is 52.7 Å². The van der Waals surface area contributed by atoms with E-state index in [-0.39, 0.29) is 5.91 Å². The Balaban J connectivity index is 1.54. The minimum absolute atomic E-state index is 0.195. The molecule has 6 heteroatoms. The van der Waals surface area contributed by atoms with Crippen LogP contribution in [0.3, 0.4) is 0 Å². The van der Waals surface area contributed by atoms with Gasteiger partial charge in [0, 0.05) is 37.6 Å². The number of carbonyl (C=O) groups is 1. The number of thiophene rings is 1. The van der Waals surface area contributed by atoms with Gasteiger partial charge in [-0.2, -0.15) is 0 Å². The van der Waals surface area contributed by atoms with Crippen molar-refractivity contribution in [1.82, 2.24) is 9.80 Å². The molecule has 25 heavy (non-hydrogen) atoms. The van der Waals surface area contributed by atoms with Crippen LogP contribution in [0.5, 0.6) is 0 Å². The van der Waals surface area contributed by atoms with Gasteiger partial charge < -0.3 is 9.64 Å². The number of hydrogen-bond donors (Lipinski definition) is 0. The van der Waals surface area contributed by atoms with E-state index in [4.69, 9.17) is 4.74 Å². The van der Waals surface area contributed by atoms with Crippen LogP contribution >= 0.6 is 27.3 Å². The summed E-state index contributed by atoms with van der Waals surface area (Å²) in [7, 11) is 0. The zero-order valence-corrected chi connectivity index (χ0v) is 18.1. The van der Waals surface area contributed by atoms with Crippen molar-refractivity contribution in [2.24, 2.45) is 5.92 Å². The molecular formula is C19H29BrN2O2S. The van der Waals surface area contributed by atoms with Crippen LogP contribution in [0.1, 0.15) is 47.5 Å². The molecular weight excluding hydrogens is 400 g/mol. The van der Waals surface area contributed by atoms with E-state index in [2.05, 4.69) is 48.5 Å². The lowest BCUT2D eigenvalue weighted by Gasteiger charge is -2.39. The highest BCUT2D eigenvalue weighted by Gasteiger charge is 2.30. The smallest absolute Gasteiger partial charge is 0.256 e. The van der Waals surface area contributed by atoms with Gasteiger partial charge in [0.2, 0.25) is 0 Å². The SMILES string of the molecule is Cc1sc(Br)c(C(=O)N2CCC(CN3C[C@H](C)O[C@@H](C)C3)CC2)c1C. The lowest BCUT2D eigenvalue weighted by Crippen LogP contribution is -2.48. The summed E-state index contributed by atoms with van der Waals surface area (Å²) in [6, 6.07) is 0. The monoisotopic (exact) mass is 428 g/mol. The Kier molecular flexibility index (Phi) is 6.24. The molecule has 1 aromatic heterocycles. The number of halogens is 1. The summed E-state index contributed by atoms with van der Waals surface area (Å²) in [5.74, 6) is 0.885. The number of likely N-dealkylation sites (tertiary alicyclic amines) is 1. The Morgan fingerprint density at radius 3 is 2.32 bits per heavy atom. The summed E-state index contributed by atoms with van der Waals surface area (Å²) in [6.45, 7) is 13.4. The largest absolute Gasteiger partial charge is 0.373 e. The van der Waals surface area contributed by atoms with Gasteiger partial charge in [-0.3, -0.25) is 9.69 Å². The van der Waals surface area contributed by atoms with Crippen LogP contribution in [0.15, 0.2) is 3.79 Å². The van der Waals surface area contributed by atoms with Crippen molar-refractivity contribution in [3.05, 3.63) is 19.8 Å². The van der Waals surface area contributed by atoms with Crippen molar-refractivity contribution in [2.75, 3.05) is 32.7 Å². The molecule has 0 aromatic carbocycles. The molecule has 0 spiro atoms.